The molecule has 0 aromatic heterocycles. The van der Waals surface area contributed by atoms with Gasteiger partial charge in [-0.05, 0) is 13.8 Å². The van der Waals surface area contributed by atoms with Gasteiger partial charge in [-0.3, -0.25) is 14.9 Å². The minimum absolute atomic E-state index is 0.894. The van der Waals surface area contributed by atoms with Crippen molar-refractivity contribution in [3.05, 3.63) is 11.3 Å². The van der Waals surface area contributed by atoms with Gasteiger partial charge < -0.3 is 0 Å². The molecule has 0 amide bonds. The van der Waals surface area contributed by atoms with Crippen LogP contribution in [-0.4, -0.2) is 45.0 Å². The molecule has 0 N–H and O–H groups in total. The van der Waals surface area contributed by atoms with Gasteiger partial charge in [0.15, 0.2) is 0 Å². The van der Waals surface area contributed by atoms with Crippen molar-refractivity contribution < 1.29 is 0 Å². The van der Waals surface area contributed by atoms with Gasteiger partial charge in [-0.2, -0.15) is 0 Å². The van der Waals surface area contributed by atoms with E-state index in [-0.39, 0.29) is 0 Å². The molecule has 1 rings (SSSR count). The maximum absolute atomic E-state index is 3.95. The number of hydrogen-bond acceptors (Lipinski definition) is 3. The summed E-state index contributed by atoms with van der Waals surface area (Å²) in [7, 11) is 3.83. The van der Waals surface area contributed by atoms with Gasteiger partial charge in [-0.1, -0.05) is 0 Å². The molecular weight excluding hydrogens is 138 g/mol. The number of likely N-dealkylation sites (N-methyl/N-ethyl adjacent to an activating group) is 1. The molecule has 0 aromatic rings. The lowest BCUT2D eigenvalue weighted by atomic mass is 10.3. The summed E-state index contributed by atoms with van der Waals surface area (Å²) in [6.07, 6.45) is 1.85. The van der Waals surface area contributed by atoms with Crippen molar-refractivity contribution in [2.24, 2.45) is 9.98 Å². The highest BCUT2D eigenvalue weighted by atomic mass is 15.1. The molecule has 0 bridgehead atoms. The van der Waals surface area contributed by atoms with E-state index in [1.165, 1.54) is 5.57 Å². The summed E-state index contributed by atoms with van der Waals surface area (Å²) in [6, 6.07) is 0. The molecular formula is C8H13N3. The Morgan fingerprint density at radius 3 is 2.82 bits per heavy atom. The summed E-state index contributed by atoms with van der Waals surface area (Å²) in [4.78, 5) is 10.1. The van der Waals surface area contributed by atoms with E-state index < -0.39 is 0 Å². The fraction of sp³-hybridized carbons (Fsp3) is 0.500. The molecule has 0 atom stereocenters. The van der Waals surface area contributed by atoms with Gasteiger partial charge in [0, 0.05) is 31.9 Å². The summed E-state index contributed by atoms with van der Waals surface area (Å²) < 4.78 is 0. The van der Waals surface area contributed by atoms with E-state index in [0.717, 1.165) is 18.8 Å². The lowest BCUT2D eigenvalue weighted by molar-refractivity contribution is 0.426. The number of nitrogens with zero attached hydrogens (tertiary/aromatic N) is 3. The van der Waals surface area contributed by atoms with Crippen LogP contribution >= 0.6 is 0 Å². The quantitative estimate of drug-likeness (QED) is 0.531. The average molecular weight is 151 g/mol. The van der Waals surface area contributed by atoms with Crippen molar-refractivity contribution in [2.75, 3.05) is 27.2 Å². The van der Waals surface area contributed by atoms with Gasteiger partial charge in [-0.25, -0.2) is 0 Å². The molecule has 0 radical (unpaired) electrons. The zero-order chi connectivity index (χ0) is 8.27. The molecule has 0 fully saturated rings. The smallest absolute Gasteiger partial charge is 0.0596 e. The van der Waals surface area contributed by atoms with Gasteiger partial charge >= 0.3 is 0 Å². The third-order valence-electron chi connectivity index (χ3n) is 1.71. The van der Waals surface area contributed by atoms with Crippen LogP contribution in [-0.2, 0) is 0 Å². The van der Waals surface area contributed by atoms with E-state index >= 15 is 0 Å². The van der Waals surface area contributed by atoms with Crippen LogP contribution in [0.1, 0.15) is 0 Å². The van der Waals surface area contributed by atoms with Gasteiger partial charge in [0.1, 0.15) is 0 Å². The predicted molar refractivity (Wildman–Crippen MR) is 48.5 cm³/mol. The number of aliphatic imine (C=N–C) groups is 2. The maximum Gasteiger partial charge on any atom is 0.0596 e. The zero-order valence-electron chi connectivity index (χ0n) is 7.04. The van der Waals surface area contributed by atoms with E-state index in [0.29, 0.717) is 0 Å². The monoisotopic (exact) mass is 151 g/mol. The molecule has 1 heterocycles. The van der Waals surface area contributed by atoms with Crippen LogP contribution in [0.4, 0.5) is 0 Å². The van der Waals surface area contributed by atoms with Gasteiger partial charge in [0.25, 0.3) is 0 Å². The molecule has 0 saturated carbocycles. The molecule has 0 aromatic carbocycles. The van der Waals surface area contributed by atoms with E-state index in [4.69, 9.17) is 0 Å². The van der Waals surface area contributed by atoms with E-state index in [2.05, 4.69) is 28.6 Å². The maximum atomic E-state index is 3.95. The first-order valence-electron chi connectivity index (χ1n) is 3.57. The highest BCUT2D eigenvalue weighted by molar-refractivity contribution is 5.81. The SMILES string of the molecule is C=NC1=C(C=NC)CN(C)C1. The minimum atomic E-state index is 0.894. The van der Waals surface area contributed by atoms with Gasteiger partial charge in [0.05, 0.1) is 5.70 Å². The normalized spacial score (nSPS) is 20.2. The highest BCUT2D eigenvalue weighted by Crippen LogP contribution is 2.14. The van der Waals surface area contributed by atoms with E-state index in [9.17, 15) is 0 Å². The molecule has 3 heteroatoms. The first kappa shape index (κ1) is 8.14. The molecule has 3 nitrogen and oxygen atoms in total. The molecule has 0 aliphatic carbocycles. The van der Waals surface area contributed by atoms with Crippen LogP contribution in [0.25, 0.3) is 0 Å². The first-order valence-corrected chi connectivity index (χ1v) is 3.57. The van der Waals surface area contributed by atoms with Crippen molar-refractivity contribution >= 4 is 12.9 Å². The standard InChI is InChI=1S/C8H13N3/c1-9-4-7-5-11(3)6-8(7)10-2/h4H,2,5-6H2,1,3H3. The Bertz CT molecular complexity index is 215. The molecule has 0 spiro atoms. The summed E-state index contributed by atoms with van der Waals surface area (Å²) in [6.45, 7) is 5.34. The summed E-state index contributed by atoms with van der Waals surface area (Å²) in [5.41, 5.74) is 2.24. The Kier molecular flexibility index (Phi) is 2.54. The second-order valence-corrected chi connectivity index (χ2v) is 2.69. The van der Waals surface area contributed by atoms with Gasteiger partial charge in [0.2, 0.25) is 0 Å². The Morgan fingerprint density at radius 1 is 1.55 bits per heavy atom. The van der Waals surface area contributed by atoms with Crippen molar-refractivity contribution in [3.8, 4) is 0 Å². The average Bonchev–Trinajstić information content (AvgIpc) is 2.32. The summed E-state index contributed by atoms with van der Waals surface area (Å²) >= 11 is 0. The topological polar surface area (TPSA) is 28.0 Å². The molecule has 1 aliphatic heterocycles. The third kappa shape index (κ3) is 1.74. The van der Waals surface area contributed by atoms with Crippen LogP contribution in [0.5, 0.6) is 0 Å². The molecule has 11 heavy (non-hydrogen) atoms. The second kappa shape index (κ2) is 3.44. The van der Waals surface area contributed by atoms with Crippen LogP contribution in [0.2, 0.25) is 0 Å². The minimum Gasteiger partial charge on any atom is -0.296 e. The Morgan fingerprint density at radius 2 is 2.27 bits per heavy atom. The van der Waals surface area contributed by atoms with Crippen LogP contribution in [0.15, 0.2) is 21.3 Å². The van der Waals surface area contributed by atoms with Crippen LogP contribution in [0, 0.1) is 0 Å². The fourth-order valence-corrected chi connectivity index (χ4v) is 1.22. The zero-order valence-corrected chi connectivity index (χ0v) is 7.04. The first-order chi connectivity index (χ1) is 5.27. The Hall–Kier alpha value is -0.960. The van der Waals surface area contributed by atoms with Crippen LogP contribution < -0.4 is 0 Å². The van der Waals surface area contributed by atoms with Crippen molar-refractivity contribution in [1.82, 2.24) is 4.90 Å². The Labute approximate surface area is 67.1 Å². The highest BCUT2D eigenvalue weighted by Gasteiger charge is 2.15. The Balaban J connectivity index is 2.79. The second-order valence-electron chi connectivity index (χ2n) is 2.69. The van der Waals surface area contributed by atoms with E-state index in [1.54, 1.807) is 7.05 Å². The number of hydrogen-bond donors (Lipinski definition) is 0. The largest absolute Gasteiger partial charge is 0.296 e. The summed E-state index contributed by atoms with van der Waals surface area (Å²) in [5.74, 6) is 0. The van der Waals surface area contributed by atoms with Crippen molar-refractivity contribution in [1.29, 1.82) is 0 Å². The lowest BCUT2D eigenvalue weighted by Gasteiger charge is -2.04. The summed E-state index contributed by atoms with van der Waals surface area (Å²) in [5, 5.41) is 0. The van der Waals surface area contributed by atoms with Crippen molar-refractivity contribution in [3.63, 3.8) is 0 Å². The van der Waals surface area contributed by atoms with Crippen LogP contribution in [0.3, 0.4) is 0 Å². The van der Waals surface area contributed by atoms with Gasteiger partial charge in [-0.15, -0.1) is 0 Å². The fourth-order valence-electron chi connectivity index (χ4n) is 1.22. The third-order valence-corrected chi connectivity index (χ3v) is 1.71. The van der Waals surface area contributed by atoms with Crippen molar-refractivity contribution in [2.45, 2.75) is 0 Å². The van der Waals surface area contributed by atoms with E-state index in [1.807, 2.05) is 6.21 Å². The predicted octanol–water partition coefficient (Wildman–Crippen LogP) is 0.587. The lowest BCUT2D eigenvalue weighted by Crippen LogP contribution is -2.14. The molecule has 1 aliphatic rings. The molecule has 60 valence electrons. The number of rotatable bonds is 2. The molecule has 0 unspecified atom stereocenters. The molecule has 0 saturated heterocycles.